The van der Waals surface area contributed by atoms with Crippen molar-refractivity contribution in [3.8, 4) is 6.07 Å². The van der Waals surface area contributed by atoms with Crippen LogP contribution in [0, 0.1) is 17.2 Å². The number of imidazole rings is 1. The molecule has 1 saturated heterocycles. The van der Waals surface area contributed by atoms with Crippen LogP contribution in [0.25, 0.3) is 0 Å². The number of amides is 1. The summed E-state index contributed by atoms with van der Waals surface area (Å²) in [6, 6.07) is 12.5. The summed E-state index contributed by atoms with van der Waals surface area (Å²) >= 11 is 0. The van der Waals surface area contributed by atoms with Crippen molar-refractivity contribution in [2.24, 2.45) is 5.92 Å². The van der Waals surface area contributed by atoms with E-state index in [1.165, 1.54) is 0 Å². The van der Waals surface area contributed by atoms with Gasteiger partial charge in [-0.05, 0) is 31.2 Å². The SMILES string of the molecule is N#CC1(c2ccccc2)CCN(C(=O)[C@H]2CCc3nc[nH]c3C2)CC1. The van der Waals surface area contributed by atoms with Gasteiger partial charge in [0.2, 0.25) is 5.91 Å². The zero-order valence-corrected chi connectivity index (χ0v) is 14.2. The molecule has 1 atom stereocenters. The molecule has 25 heavy (non-hydrogen) atoms. The van der Waals surface area contributed by atoms with E-state index in [4.69, 9.17) is 0 Å². The van der Waals surface area contributed by atoms with Crippen LogP contribution in [0.3, 0.4) is 0 Å². The number of piperidine rings is 1. The molecule has 0 bridgehead atoms. The lowest BCUT2D eigenvalue weighted by Gasteiger charge is -2.39. The van der Waals surface area contributed by atoms with Gasteiger partial charge in [0.15, 0.2) is 0 Å². The van der Waals surface area contributed by atoms with E-state index < -0.39 is 5.41 Å². The number of nitrogens with one attached hydrogen (secondary N) is 1. The highest BCUT2D eigenvalue weighted by atomic mass is 16.2. The molecule has 1 amide bonds. The molecule has 4 rings (SSSR count). The fraction of sp³-hybridized carbons (Fsp3) is 0.450. The van der Waals surface area contributed by atoms with Gasteiger partial charge in [-0.2, -0.15) is 5.26 Å². The fourth-order valence-corrected chi connectivity index (χ4v) is 4.20. The number of H-pyrrole nitrogens is 1. The maximum absolute atomic E-state index is 12.9. The summed E-state index contributed by atoms with van der Waals surface area (Å²) < 4.78 is 0. The minimum Gasteiger partial charge on any atom is -0.348 e. The van der Waals surface area contributed by atoms with Crippen molar-refractivity contribution in [1.29, 1.82) is 5.26 Å². The van der Waals surface area contributed by atoms with Gasteiger partial charge in [0.05, 0.1) is 23.5 Å². The Bertz CT molecular complexity index is 797. The molecule has 1 aromatic heterocycles. The van der Waals surface area contributed by atoms with Crippen molar-refractivity contribution >= 4 is 5.91 Å². The number of nitrogens with zero attached hydrogens (tertiary/aromatic N) is 3. The number of carbonyl (C=O) groups excluding carboxylic acids is 1. The maximum atomic E-state index is 12.9. The number of aromatic nitrogens is 2. The molecule has 0 saturated carbocycles. The summed E-state index contributed by atoms with van der Waals surface area (Å²) in [5, 5.41) is 9.79. The maximum Gasteiger partial charge on any atom is 0.226 e. The minimum atomic E-state index is -0.457. The van der Waals surface area contributed by atoms with Gasteiger partial charge in [-0.15, -0.1) is 0 Å². The van der Waals surface area contributed by atoms with E-state index in [0.717, 1.165) is 36.2 Å². The van der Waals surface area contributed by atoms with Crippen LogP contribution >= 0.6 is 0 Å². The number of aryl methyl sites for hydroxylation is 1. The second-order valence-corrected chi connectivity index (χ2v) is 7.15. The molecule has 0 unspecified atom stereocenters. The van der Waals surface area contributed by atoms with Crippen LogP contribution in [0.4, 0.5) is 0 Å². The standard InChI is InChI=1S/C20H22N4O/c21-13-20(16-4-2-1-3-5-16)8-10-24(11-9-20)19(25)15-6-7-17-18(12-15)23-14-22-17/h1-5,14-15H,6-12H2,(H,22,23)/t15-/m0/s1. The van der Waals surface area contributed by atoms with Gasteiger partial charge in [0.1, 0.15) is 0 Å². The van der Waals surface area contributed by atoms with E-state index in [0.29, 0.717) is 25.9 Å². The summed E-state index contributed by atoms with van der Waals surface area (Å²) in [5.74, 6) is 0.277. The number of carbonyl (C=O) groups is 1. The third-order valence-electron chi connectivity index (χ3n) is 5.81. The molecule has 1 fully saturated rings. The Morgan fingerprint density at radius 2 is 2.04 bits per heavy atom. The Morgan fingerprint density at radius 1 is 1.28 bits per heavy atom. The molecule has 0 radical (unpaired) electrons. The van der Waals surface area contributed by atoms with Crippen molar-refractivity contribution in [1.82, 2.24) is 14.9 Å². The van der Waals surface area contributed by atoms with E-state index >= 15 is 0 Å². The van der Waals surface area contributed by atoms with E-state index in [1.807, 2.05) is 35.2 Å². The van der Waals surface area contributed by atoms with Crippen LogP contribution < -0.4 is 0 Å². The number of benzene rings is 1. The first kappa shape index (κ1) is 15.9. The summed E-state index contributed by atoms with van der Waals surface area (Å²) in [5.41, 5.74) is 2.83. The highest BCUT2D eigenvalue weighted by molar-refractivity contribution is 5.79. The van der Waals surface area contributed by atoms with Gasteiger partial charge in [0.25, 0.3) is 0 Å². The number of hydrogen-bond acceptors (Lipinski definition) is 3. The molecule has 5 heteroatoms. The second-order valence-electron chi connectivity index (χ2n) is 7.15. The van der Waals surface area contributed by atoms with E-state index in [9.17, 15) is 10.1 Å². The third kappa shape index (κ3) is 2.82. The number of rotatable bonds is 2. The summed E-state index contributed by atoms with van der Waals surface area (Å²) in [6.07, 6.45) is 5.64. The molecule has 1 N–H and O–H groups in total. The Labute approximate surface area is 147 Å². The van der Waals surface area contributed by atoms with Crippen molar-refractivity contribution in [2.45, 2.75) is 37.5 Å². The largest absolute Gasteiger partial charge is 0.348 e. The van der Waals surface area contributed by atoms with E-state index in [2.05, 4.69) is 16.0 Å². The fourth-order valence-electron chi connectivity index (χ4n) is 4.20. The highest BCUT2D eigenvalue weighted by Crippen LogP contribution is 2.36. The molecular formula is C20H22N4O. The molecule has 128 valence electrons. The lowest BCUT2D eigenvalue weighted by molar-refractivity contribution is -0.137. The zero-order valence-electron chi connectivity index (χ0n) is 14.2. The second kappa shape index (κ2) is 6.36. The normalized spacial score (nSPS) is 22.0. The number of nitriles is 1. The number of likely N-dealkylation sites (tertiary alicyclic amines) is 1. The first-order valence-electron chi connectivity index (χ1n) is 8.98. The van der Waals surface area contributed by atoms with Crippen molar-refractivity contribution in [3.05, 3.63) is 53.6 Å². The lowest BCUT2D eigenvalue weighted by atomic mass is 9.74. The molecule has 1 aromatic carbocycles. The van der Waals surface area contributed by atoms with Gasteiger partial charge < -0.3 is 9.88 Å². The average Bonchev–Trinajstić information content (AvgIpc) is 3.16. The van der Waals surface area contributed by atoms with Gasteiger partial charge >= 0.3 is 0 Å². The van der Waals surface area contributed by atoms with Crippen LogP contribution in [-0.4, -0.2) is 33.9 Å². The average molecular weight is 334 g/mol. The Hall–Kier alpha value is -2.61. The van der Waals surface area contributed by atoms with Crippen LogP contribution in [0.2, 0.25) is 0 Å². The van der Waals surface area contributed by atoms with Gasteiger partial charge in [-0.25, -0.2) is 4.98 Å². The van der Waals surface area contributed by atoms with Gasteiger partial charge in [-0.1, -0.05) is 30.3 Å². The topological polar surface area (TPSA) is 72.8 Å². The smallest absolute Gasteiger partial charge is 0.226 e. The first-order valence-corrected chi connectivity index (χ1v) is 8.98. The summed E-state index contributed by atoms with van der Waals surface area (Å²) in [6.45, 7) is 1.32. The van der Waals surface area contributed by atoms with Crippen molar-refractivity contribution < 1.29 is 4.79 Å². The lowest BCUT2D eigenvalue weighted by Crippen LogP contribution is -2.47. The zero-order chi connectivity index (χ0) is 17.3. The first-order chi connectivity index (χ1) is 12.2. The molecule has 0 spiro atoms. The molecule has 2 heterocycles. The number of fused-ring (bicyclic) bond motifs is 1. The molecule has 5 nitrogen and oxygen atoms in total. The van der Waals surface area contributed by atoms with Crippen LogP contribution in [-0.2, 0) is 23.1 Å². The highest BCUT2D eigenvalue weighted by Gasteiger charge is 2.39. The molecule has 2 aliphatic rings. The molecule has 2 aromatic rings. The monoisotopic (exact) mass is 334 g/mol. The quantitative estimate of drug-likeness (QED) is 0.917. The number of aromatic amines is 1. The third-order valence-corrected chi connectivity index (χ3v) is 5.81. The van der Waals surface area contributed by atoms with Crippen LogP contribution in [0.5, 0.6) is 0 Å². The number of hydrogen-bond donors (Lipinski definition) is 1. The van der Waals surface area contributed by atoms with Crippen molar-refractivity contribution in [2.75, 3.05) is 13.1 Å². The Balaban J connectivity index is 1.44. The summed E-state index contributed by atoms with van der Waals surface area (Å²) in [4.78, 5) is 22.4. The van der Waals surface area contributed by atoms with E-state index in [-0.39, 0.29) is 11.8 Å². The summed E-state index contributed by atoms with van der Waals surface area (Å²) in [7, 11) is 0. The minimum absolute atomic E-state index is 0.0410. The van der Waals surface area contributed by atoms with Gasteiger partial charge in [0, 0.05) is 31.1 Å². The predicted molar refractivity (Wildman–Crippen MR) is 93.6 cm³/mol. The molecule has 1 aliphatic heterocycles. The van der Waals surface area contributed by atoms with Crippen LogP contribution in [0.1, 0.15) is 36.2 Å². The Kier molecular flexibility index (Phi) is 4.04. The van der Waals surface area contributed by atoms with Gasteiger partial charge in [-0.3, -0.25) is 4.79 Å². The van der Waals surface area contributed by atoms with Crippen molar-refractivity contribution in [3.63, 3.8) is 0 Å². The predicted octanol–water partition coefficient (Wildman–Crippen LogP) is 2.60. The van der Waals surface area contributed by atoms with Crippen LogP contribution in [0.15, 0.2) is 36.7 Å². The Morgan fingerprint density at radius 3 is 2.76 bits per heavy atom. The van der Waals surface area contributed by atoms with E-state index in [1.54, 1.807) is 6.33 Å². The molecular weight excluding hydrogens is 312 g/mol. The molecule has 1 aliphatic carbocycles.